The summed E-state index contributed by atoms with van der Waals surface area (Å²) in [6, 6.07) is 5.83. The number of rotatable bonds is 5. The molecule has 0 bridgehead atoms. The Labute approximate surface area is 106 Å². The first-order valence-corrected chi connectivity index (χ1v) is 6.19. The van der Waals surface area contributed by atoms with Crippen molar-refractivity contribution in [2.75, 3.05) is 0 Å². The Kier molecular flexibility index (Phi) is 3.97. The molecular weight excluding hydrogens is 232 g/mol. The fraction of sp³-hybridized carbons (Fsp3) is 0.429. The lowest BCUT2D eigenvalue weighted by Crippen LogP contribution is -2.15. The molecule has 0 unspecified atom stereocenters. The molecule has 0 aliphatic carbocycles. The van der Waals surface area contributed by atoms with E-state index in [2.05, 4.69) is 6.07 Å². The van der Waals surface area contributed by atoms with Crippen molar-refractivity contribution in [1.82, 2.24) is 0 Å². The van der Waals surface area contributed by atoms with Crippen LogP contribution in [0.5, 0.6) is 5.75 Å². The molecule has 1 heterocycles. The Morgan fingerprint density at radius 1 is 1.28 bits per heavy atom. The zero-order valence-corrected chi connectivity index (χ0v) is 10.1. The minimum Gasteiger partial charge on any atom is -0.481 e. The van der Waals surface area contributed by atoms with E-state index in [9.17, 15) is 9.59 Å². The van der Waals surface area contributed by atoms with Gasteiger partial charge < -0.3 is 9.84 Å². The van der Waals surface area contributed by atoms with E-state index in [-0.39, 0.29) is 12.4 Å². The molecule has 0 saturated carbocycles. The lowest BCUT2D eigenvalue weighted by atomic mass is 10.00. The highest BCUT2D eigenvalue weighted by Crippen LogP contribution is 2.26. The van der Waals surface area contributed by atoms with Crippen LogP contribution in [0.15, 0.2) is 18.2 Å². The van der Waals surface area contributed by atoms with Crippen molar-refractivity contribution in [1.29, 1.82) is 0 Å². The third kappa shape index (κ3) is 3.32. The third-order valence-electron chi connectivity index (χ3n) is 3.05. The van der Waals surface area contributed by atoms with E-state index in [1.165, 1.54) is 5.56 Å². The second-order valence-electron chi connectivity index (χ2n) is 4.52. The lowest BCUT2D eigenvalue weighted by molar-refractivity contribution is -0.137. The molecule has 1 N–H and O–H groups in total. The van der Waals surface area contributed by atoms with Crippen molar-refractivity contribution < 1.29 is 19.4 Å². The van der Waals surface area contributed by atoms with Crippen LogP contribution in [0.3, 0.4) is 0 Å². The summed E-state index contributed by atoms with van der Waals surface area (Å²) < 4.78 is 5.13. The number of hydrogen-bond acceptors (Lipinski definition) is 3. The smallest absolute Gasteiger partial charge is 0.311 e. The van der Waals surface area contributed by atoms with Gasteiger partial charge in [0.1, 0.15) is 5.75 Å². The van der Waals surface area contributed by atoms with Crippen molar-refractivity contribution in [3.05, 3.63) is 29.3 Å². The van der Waals surface area contributed by atoms with Crippen LogP contribution in [-0.4, -0.2) is 17.0 Å². The average Bonchev–Trinajstić information content (AvgIpc) is 2.34. The van der Waals surface area contributed by atoms with Gasteiger partial charge in [0.15, 0.2) is 0 Å². The Balaban J connectivity index is 1.91. The SMILES string of the molecule is O=C(O)CCCCc1ccc2c(c1)CCC(=O)O2. The summed E-state index contributed by atoms with van der Waals surface area (Å²) in [6.07, 6.45) is 3.83. The van der Waals surface area contributed by atoms with E-state index in [1.54, 1.807) is 0 Å². The van der Waals surface area contributed by atoms with Crippen LogP contribution in [-0.2, 0) is 22.4 Å². The number of fused-ring (bicyclic) bond motifs is 1. The highest BCUT2D eigenvalue weighted by molar-refractivity contribution is 5.75. The van der Waals surface area contributed by atoms with Gasteiger partial charge in [-0.05, 0) is 42.9 Å². The number of benzene rings is 1. The van der Waals surface area contributed by atoms with Gasteiger partial charge in [0.05, 0.1) is 6.42 Å². The molecule has 0 aromatic heterocycles. The summed E-state index contributed by atoms with van der Waals surface area (Å²) >= 11 is 0. The third-order valence-corrected chi connectivity index (χ3v) is 3.05. The van der Waals surface area contributed by atoms with Crippen molar-refractivity contribution in [3.63, 3.8) is 0 Å². The van der Waals surface area contributed by atoms with Gasteiger partial charge in [-0.3, -0.25) is 9.59 Å². The normalized spacial score (nSPS) is 13.9. The second-order valence-corrected chi connectivity index (χ2v) is 4.52. The number of carboxylic acid groups (broad SMARTS) is 1. The van der Waals surface area contributed by atoms with Gasteiger partial charge in [-0.25, -0.2) is 0 Å². The van der Waals surface area contributed by atoms with Gasteiger partial charge in [0.25, 0.3) is 0 Å². The second kappa shape index (κ2) is 5.67. The number of hydrogen-bond donors (Lipinski definition) is 1. The van der Waals surface area contributed by atoms with Crippen molar-refractivity contribution >= 4 is 11.9 Å². The summed E-state index contributed by atoms with van der Waals surface area (Å²) in [7, 11) is 0. The summed E-state index contributed by atoms with van der Waals surface area (Å²) in [5.74, 6) is -0.246. The zero-order valence-electron chi connectivity index (χ0n) is 10.1. The first-order valence-electron chi connectivity index (χ1n) is 6.19. The molecule has 0 atom stereocenters. The Bertz CT molecular complexity index is 465. The van der Waals surface area contributed by atoms with Gasteiger partial charge in [0.2, 0.25) is 0 Å². The Morgan fingerprint density at radius 3 is 2.89 bits per heavy atom. The number of carbonyl (C=O) groups excluding carboxylic acids is 1. The summed E-state index contributed by atoms with van der Waals surface area (Å²) in [4.78, 5) is 21.5. The minimum absolute atomic E-state index is 0.170. The van der Waals surface area contributed by atoms with Crippen LogP contribution in [0, 0.1) is 0 Å². The monoisotopic (exact) mass is 248 g/mol. The quantitative estimate of drug-likeness (QED) is 0.493. The predicted octanol–water partition coefficient (Wildman–Crippen LogP) is 2.34. The summed E-state index contributed by atoms with van der Waals surface area (Å²) in [5.41, 5.74) is 2.25. The van der Waals surface area contributed by atoms with Crippen molar-refractivity contribution in [2.24, 2.45) is 0 Å². The largest absolute Gasteiger partial charge is 0.481 e. The molecule has 0 saturated heterocycles. The van der Waals surface area contributed by atoms with Gasteiger partial charge in [-0.1, -0.05) is 12.1 Å². The molecule has 0 radical (unpaired) electrons. The van der Waals surface area contributed by atoms with E-state index in [0.29, 0.717) is 18.6 Å². The molecule has 4 heteroatoms. The van der Waals surface area contributed by atoms with Crippen LogP contribution in [0.4, 0.5) is 0 Å². The molecule has 0 spiro atoms. The zero-order chi connectivity index (χ0) is 13.0. The van der Waals surface area contributed by atoms with Crippen LogP contribution in [0.25, 0.3) is 0 Å². The maximum Gasteiger partial charge on any atom is 0.311 e. The molecule has 18 heavy (non-hydrogen) atoms. The molecule has 1 aromatic rings. The maximum absolute atomic E-state index is 11.1. The van der Waals surface area contributed by atoms with Crippen LogP contribution >= 0.6 is 0 Å². The molecule has 0 amide bonds. The van der Waals surface area contributed by atoms with E-state index < -0.39 is 5.97 Å². The predicted molar refractivity (Wildman–Crippen MR) is 65.6 cm³/mol. The topological polar surface area (TPSA) is 63.6 Å². The van der Waals surface area contributed by atoms with E-state index >= 15 is 0 Å². The summed E-state index contributed by atoms with van der Waals surface area (Å²) in [6.45, 7) is 0. The average molecular weight is 248 g/mol. The molecule has 4 nitrogen and oxygen atoms in total. The first-order chi connectivity index (χ1) is 8.65. The number of aryl methyl sites for hydroxylation is 2. The maximum atomic E-state index is 11.1. The molecule has 1 aliphatic heterocycles. The fourth-order valence-corrected chi connectivity index (χ4v) is 2.10. The van der Waals surface area contributed by atoms with Crippen molar-refractivity contribution in [3.8, 4) is 5.75 Å². The highest BCUT2D eigenvalue weighted by Gasteiger charge is 2.16. The van der Waals surface area contributed by atoms with Crippen LogP contribution in [0.1, 0.15) is 36.8 Å². The van der Waals surface area contributed by atoms with E-state index in [1.807, 2.05) is 12.1 Å². The van der Waals surface area contributed by atoms with E-state index in [0.717, 1.165) is 24.8 Å². The Hall–Kier alpha value is -1.84. The minimum atomic E-state index is -0.743. The standard InChI is InChI=1S/C14H16O4/c15-13(16)4-2-1-3-10-5-7-12-11(9-10)6-8-14(17)18-12/h5,7,9H,1-4,6,8H2,(H,15,16). The number of carboxylic acids is 1. The van der Waals surface area contributed by atoms with Crippen molar-refractivity contribution in [2.45, 2.75) is 38.5 Å². The number of aliphatic carboxylic acids is 1. The molecule has 1 aliphatic rings. The van der Waals surface area contributed by atoms with Gasteiger partial charge >= 0.3 is 11.9 Å². The van der Waals surface area contributed by atoms with E-state index in [4.69, 9.17) is 9.84 Å². The molecule has 96 valence electrons. The highest BCUT2D eigenvalue weighted by atomic mass is 16.5. The molecule has 2 rings (SSSR count). The number of carbonyl (C=O) groups is 2. The molecule has 0 fully saturated rings. The fourth-order valence-electron chi connectivity index (χ4n) is 2.10. The van der Waals surface area contributed by atoms with Gasteiger partial charge in [0, 0.05) is 6.42 Å². The summed E-state index contributed by atoms with van der Waals surface area (Å²) in [5, 5.41) is 8.55. The first kappa shape index (κ1) is 12.6. The Morgan fingerprint density at radius 2 is 2.11 bits per heavy atom. The number of unbranched alkanes of at least 4 members (excludes halogenated alkanes) is 1. The lowest BCUT2D eigenvalue weighted by Gasteiger charge is -2.16. The molecular formula is C14H16O4. The molecule has 1 aromatic carbocycles. The number of esters is 1. The van der Waals surface area contributed by atoms with Crippen LogP contribution in [0.2, 0.25) is 0 Å². The number of ether oxygens (including phenoxy) is 1. The van der Waals surface area contributed by atoms with Gasteiger partial charge in [-0.15, -0.1) is 0 Å². The van der Waals surface area contributed by atoms with Crippen LogP contribution < -0.4 is 4.74 Å². The van der Waals surface area contributed by atoms with Gasteiger partial charge in [-0.2, -0.15) is 0 Å².